The summed E-state index contributed by atoms with van der Waals surface area (Å²) in [5.74, 6) is 1.72. The van der Waals surface area contributed by atoms with Gasteiger partial charge in [0, 0.05) is 37.8 Å². The largest absolute Gasteiger partial charge is 0.357 e. The molecular formula is C20H32IN5O2S. The number of halogens is 1. The Bertz CT molecular complexity index is 853. The van der Waals surface area contributed by atoms with Crippen molar-refractivity contribution in [1.29, 1.82) is 0 Å². The lowest BCUT2D eigenvalue weighted by Crippen LogP contribution is -2.42. The first-order valence-electron chi connectivity index (χ1n) is 9.64. The number of benzene rings is 1. The van der Waals surface area contributed by atoms with E-state index in [0.717, 1.165) is 25.3 Å². The molecule has 0 radical (unpaired) electrons. The minimum Gasteiger partial charge on any atom is -0.357 e. The molecule has 0 fully saturated rings. The van der Waals surface area contributed by atoms with Gasteiger partial charge in [0.2, 0.25) is 0 Å². The highest BCUT2D eigenvalue weighted by Gasteiger charge is 2.10. The van der Waals surface area contributed by atoms with Crippen LogP contribution in [0.25, 0.3) is 0 Å². The summed E-state index contributed by atoms with van der Waals surface area (Å²) in [7, 11) is -2.96. The van der Waals surface area contributed by atoms with Gasteiger partial charge in [-0.3, -0.25) is 0 Å². The lowest BCUT2D eigenvalue weighted by molar-refractivity contribution is 0.580. The van der Waals surface area contributed by atoms with Crippen LogP contribution in [0.3, 0.4) is 0 Å². The van der Waals surface area contributed by atoms with Gasteiger partial charge in [-0.05, 0) is 32.3 Å². The van der Waals surface area contributed by atoms with Crippen LogP contribution < -0.4 is 10.6 Å². The van der Waals surface area contributed by atoms with Crippen LogP contribution in [0.15, 0.2) is 47.7 Å². The quantitative estimate of drug-likeness (QED) is 0.279. The molecule has 162 valence electrons. The molecule has 1 atom stereocenters. The van der Waals surface area contributed by atoms with E-state index in [0.29, 0.717) is 18.9 Å². The molecule has 0 spiro atoms. The van der Waals surface area contributed by atoms with Crippen LogP contribution in [0.4, 0.5) is 0 Å². The highest BCUT2D eigenvalue weighted by Crippen LogP contribution is 2.05. The number of nitrogens with one attached hydrogen (secondary N) is 2. The first kappa shape index (κ1) is 25.4. The maximum absolute atomic E-state index is 11.3. The Labute approximate surface area is 191 Å². The number of nitrogens with zero attached hydrogens (tertiary/aromatic N) is 3. The van der Waals surface area contributed by atoms with Crippen LogP contribution >= 0.6 is 24.0 Å². The minimum absolute atomic E-state index is 0. The topological polar surface area (TPSA) is 88.4 Å². The summed E-state index contributed by atoms with van der Waals surface area (Å²) >= 11 is 0. The zero-order valence-corrected chi connectivity index (χ0v) is 20.5. The fourth-order valence-electron chi connectivity index (χ4n) is 2.76. The zero-order valence-electron chi connectivity index (χ0n) is 17.3. The van der Waals surface area contributed by atoms with Gasteiger partial charge < -0.3 is 15.2 Å². The van der Waals surface area contributed by atoms with E-state index in [1.54, 1.807) is 6.20 Å². The molecular weight excluding hydrogens is 501 g/mol. The molecule has 0 aliphatic heterocycles. The van der Waals surface area contributed by atoms with E-state index in [-0.39, 0.29) is 35.8 Å². The average Bonchev–Trinajstić information content (AvgIpc) is 3.11. The first-order valence-corrected chi connectivity index (χ1v) is 11.7. The van der Waals surface area contributed by atoms with Crippen LogP contribution in [0.5, 0.6) is 0 Å². The molecule has 0 aliphatic rings. The average molecular weight is 533 g/mol. The number of sulfone groups is 1. The second kappa shape index (κ2) is 12.8. The maximum Gasteiger partial charge on any atom is 0.191 e. The monoisotopic (exact) mass is 533 g/mol. The number of rotatable bonds is 10. The lowest BCUT2D eigenvalue weighted by Gasteiger charge is -2.17. The Morgan fingerprint density at radius 3 is 2.66 bits per heavy atom. The summed E-state index contributed by atoms with van der Waals surface area (Å²) in [6, 6.07) is 10.4. The SMILES string of the molecule is CCNC(=NCc1nccn1CCc1ccccc1)NC(C)CCS(C)(=O)=O.I. The van der Waals surface area contributed by atoms with Gasteiger partial charge in [-0.25, -0.2) is 18.4 Å². The summed E-state index contributed by atoms with van der Waals surface area (Å²) in [6.07, 6.45) is 6.51. The smallest absolute Gasteiger partial charge is 0.191 e. The van der Waals surface area contributed by atoms with Gasteiger partial charge in [-0.1, -0.05) is 30.3 Å². The van der Waals surface area contributed by atoms with Crippen molar-refractivity contribution in [2.75, 3.05) is 18.6 Å². The molecule has 1 aromatic heterocycles. The van der Waals surface area contributed by atoms with E-state index in [1.807, 2.05) is 38.2 Å². The minimum atomic E-state index is -2.96. The number of aryl methyl sites for hydroxylation is 2. The van der Waals surface area contributed by atoms with E-state index in [1.165, 1.54) is 11.8 Å². The second-order valence-corrected chi connectivity index (χ2v) is 9.19. The van der Waals surface area contributed by atoms with Gasteiger partial charge >= 0.3 is 0 Å². The highest BCUT2D eigenvalue weighted by molar-refractivity contribution is 14.0. The molecule has 1 unspecified atom stereocenters. The van der Waals surface area contributed by atoms with Crippen LogP contribution in [-0.4, -0.2) is 48.5 Å². The van der Waals surface area contributed by atoms with Crippen molar-refractivity contribution in [3.8, 4) is 0 Å². The molecule has 1 aromatic carbocycles. The Balaban J connectivity index is 0.00000420. The third-order valence-electron chi connectivity index (χ3n) is 4.31. The van der Waals surface area contributed by atoms with E-state index in [9.17, 15) is 8.42 Å². The van der Waals surface area contributed by atoms with Gasteiger partial charge in [0.05, 0.1) is 5.75 Å². The van der Waals surface area contributed by atoms with Gasteiger partial charge in [-0.2, -0.15) is 0 Å². The van der Waals surface area contributed by atoms with E-state index in [4.69, 9.17) is 0 Å². The molecule has 0 saturated carbocycles. The van der Waals surface area contributed by atoms with Gasteiger partial charge in [0.1, 0.15) is 22.2 Å². The fourth-order valence-corrected chi connectivity index (χ4v) is 3.54. The standard InChI is InChI=1S/C20H31N5O2S.HI/c1-4-21-20(24-17(2)11-15-28(3,26)27)23-16-19-22-12-14-25(19)13-10-18-8-6-5-7-9-18;/h5-9,12,14,17H,4,10-11,13,15-16H2,1-3H3,(H2,21,23,24);1H. The van der Waals surface area contributed by atoms with Crippen molar-refractivity contribution >= 4 is 39.8 Å². The van der Waals surface area contributed by atoms with E-state index in [2.05, 4.69) is 37.3 Å². The molecule has 2 rings (SSSR count). The maximum atomic E-state index is 11.3. The lowest BCUT2D eigenvalue weighted by atomic mass is 10.1. The summed E-state index contributed by atoms with van der Waals surface area (Å²) < 4.78 is 24.8. The predicted molar refractivity (Wildman–Crippen MR) is 130 cm³/mol. The zero-order chi connectivity index (χ0) is 20.4. The molecule has 7 nitrogen and oxygen atoms in total. The van der Waals surface area contributed by atoms with Crippen molar-refractivity contribution in [3.05, 3.63) is 54.1 Å². The van der Waals surface area contributed by atoms with Gasteiger partial charge in [0.15, 0.2) is 5.96 Å². The van der Waals surface area contributed by atoms with Crippen molar-refractivity contribution in [2.24, 2.45) is 4.99 Å². The van der Waals surface area contributed by atoms with Gasteiger partial charge in [-0.15, -0.1) is 24.0 Å². The molecule has 29 heavy (non-hydrogen) atoms. The Kier molecular flexibility index (Phi) is 11.3. The second-order valence-electron chi connectivity index (χ2n) is 6.93. The molecule has 0 bridgehead atoms. The molecule has 2 aromatic rings. The molecule has 2 N–H and O–H groups in total. The number of hydrogen-bond acceptors (Lipinski definition) is 4. The predicted octanol–water partition coefficient (Wildman–Crippen LogP) is 2.62. The third-order valence-corrected chi connectivity index (χ3v) is 5.29. The Hall–Kier alpha value is -1.62. The summed E-state index contributed by atoms with van der Waals surface area (Å²) in [6.45, 7) is 5.99. The summed E-state index contributed by atoms with van der Waals surface area (Å²) in [4.78, 5) is 9.05. The summed E-state index contributed by atoms with van der Waals surface area (Å²) in [5.41, 5.74) is 1.29. The molecule has 0 saturated heterocycles. The van der Waals surface area contributed by atoms with Crippen molar-refractivity contribution in [1.82, 2.24) is 20.2 Å². The fraction of sp³-hybridized carbons (Fsp3) is 0.500. The van der Waals surface area contributed by atoms with E-state index >= 15 is 0 Å². The van der Waals surface area contributed by atoms with Crippen molar-refractivity contribution < 1.29 is 8.42 Å². The summed E-state index contributed by atoms with van der Waals surface area (Å²) in [5, 5.41) is 6.47. The van der Waals surface area contributed by atoms with Crippen LogP contribution in [-0.2, 0) is 29.3 Å². The molecule has 0 amide bonds. The third kappa shape index (κ3) is 10.1. The normalized spacial score (nSPS) is 12.9. The van der Waals surface area contributed by atoms with Crippen LogP contribution in [0.2, 0.25) is 0 Å². The number of aromatic nitrogens is 2. The van der Waals surface area contributed by atoms with Crippen LogP contribution in [0, 0.1) is 0 Å². The highest BCUT2D eigenvalue weighted by atomic mass is 127. The van der Waals surface area contributed by atoms with Crippen molar-refractivity contribution in [2.45, 2.75) is 45.8 Å². The number of guanidine groups is 1. The molecule has 1 heterocycles. The first-order chi connectivity index (χ1) is 13.4. The van der Waals surface area contributed by atoms with Crippen LogP contribution in [0.1, 0.15) is 31.7 Å². The van der Waals surface area contributed by atoms with Gasteiger partial charge in [0.25, 0.3) is 0 Å². The molecule has 9 heteroatoms. The number of aliphatic imine (C=N–C) groups is 1. The number of imidazole rings is 1. The van der Waals surface area contributed by atoms with Crippen molar-refractivity contribution in [3.63, 3.8) is 0 Å². The Morgan fingerprint density at radius 2 is 2.00 bits per heavy atom. The molecule has 0 aliphatic carbocycles. The Morgan fingerprint density at radius 1 is 1.28 bits per heavy atom. The number of hydrogen-bond donors (Lipinski definition) is 2. The van der Waals surface area contributed by atoms with E-state index < -0.39 is 9.84 Å².